The molecule has 0 aliphatic heterocycles. The molecule has 1 aromatic carbocycles. The minimum absolute atomic E-state index is 0.112. The fraction of sp³-hybridized carbons (Fsp3) is 0.520. The fourth-order valence-electron chi connectivity index (χ4n) is 3.51. The van der Waals surface area contributed by atoms with Gasteiger partial charge in [-0.3, -0.25) is 14.4 Å². The predicted molar refractivity (Wildman–Crippen MR) is 132 cm³/mol. The van der Waals surface area contributed by atoms with Crippen LogP contribution < -0.4 is 16.4 Å². The lowest BCUT2D eigenvalue weighted by Crippen LogP contribution is -2.54. The Morgan fingerprint density at radius 2 is 1.83 bits per heavy atom. The first-order valence-corrected chi connectivity index (χ1v) is 11.6. The second-order valence-corrected chi connectivity index (χ2v) is 9.31. The van der Waals surface area contributed by atoms with E-state index < -0.39 is 47.9 Å². The van der Waals surface area contributed by atoms with Crippen LogP contribution in [0.3, 0.4) is 0 Å². The van der Waals surface area contributed by atoms with Gasteiger partial charge >= 0.3 is 6.09 Å². The van der Waals surface area contributed by atoms with Crippen molar-refractivity contribution < 1.29 is 29.0 Å². The normalized spacial score (nSPS) is 13.6. The van der Waals surface area contributed by atoms with Crippen LogP contribution in [0.1, 0.15) is 65.5 Å². The summed E-state index contributed by atoms with van der Waals surface area (Å²) in [5, 5.41) is 15.8. The van der Waals surface area contributed by atoms with Crippen molar-refractivity contribution in [3.05, 3.63) is 42.5 Å². The molecule has 1 aromatic rings. The van der Waals surface area contributed by atoms with Crippen LogP contribution in [0.25, 0.3) is 0 Å². The van der Waals surface area contributed by atoms with Crippen LogP contribution in [0.5, 0.6) is 5.75 Å². The molecule has 0 saturated heterocycles. The molecule has 0 aliphatic rings. The number of primary amides is 1. The topological polar surface area (TPSA) is 151 Å². The lowest BCUT2D eigenvalue weighted by atomic mass is 10.0. The van der Waals surface area contributed by atoms with E-state index in [0.717, 1.165) is 11.3 Å². The van der Waals surface area contributed by atoms with Crippen molar-refractivity contribution in [1.82, 2.24) is 15.5 Å². The van der Waals surface area contributed by atoms with Crippen molar-refractivity contribution in [2.24, 2.45) is 5.73 Å². The number of hydrogen-bond donors (Lipinski definition) is 4. The molecule has 0 radical (unpaired) electrons. The number of amides is 4. The first-order chi connectivity index (χ1) is 16.3. The maximum Gasteiger partial charge on any atom is 0.408 e. The summed E-state index contributed by atoms with van der Waals surface area (Å²) >= 11 is 0. The number of nitrogens with one attached hydrogen (secondary N) is 2. The van der Waals surface area contributed by atoms with E-state index >= 15 is 0 Å². The molecule has 0 spiro atoms. The Kier molecular flexibility index (Phi) is 11.2. The highest BCUT2D eigenvalue weighted by atomic mass is 16.6. The summed E-state index contributed by atoms with van der Waals surface area (Å²) in [6.45, 7) is 12.3. The van der Waals surface area contributed by atoms with Gasteiger partial charge in [0.05, 0.1) is 6.42 Å². The quantitative estimate of drug-likeness (QED) is 0.331. The molecule has 10 nitrogen and oxygen atoms in total. The molecule has 1 rings (SSSR count). The van der Waals surface area contributed by atoms with E-state index in [1.807, 2.05) is 13.8 Å². The van der Waals surface area contributed by atoms with Crippen LogP contribution in [0.2, 0.25) is 0 Å². The Hall–Kier alpha value is -3.56. The molecule has 10 heteroatoms. The fourth-order valence-corrected chi connectivity index (χ4v) is 3.51. The van der Waals surface area contributed by atoms with E-state index in [2.05, 4.69) is 17.2 Å². The molecule has 3 unspecified atom stereocenters. The average molecular weight is 491 g/mol. The lowest BCUT2D eigenvalue weighted by molar-refractivity contribution is -0.143. The van der Waals surface area contributed by atoms with Crippen LogP contribution in [-0.2, 0) is 19.1 Å². The SMILES string of the molecule is C=CCN(C(=O)C(CC(N)=O)NC(=O)OC(C)(C)C)C(C(=O)NC(C)CCC)c1ccccc1O. The van der Waals surface area contributed by atoms with E-state index in [1.54, 1.807) is 32.9 Å². The van der Waals surface area contributed by atoms with Crippen molar-refractivity contribution in [2.75, 3.05) is 6.54 Å². The third-order valence-corrected chi connectivity index (χ3v) is 4.90. The van der Waals surface area contributed by atoms with Gasteiger partial charge in [-0.25, -0.2) is 4.79 Å². The Balaban J connectivity index is 3.46. The van der Waals surface area contributed by atoms with Crippen molar-refractivity contribution in [3.8, 4) is 5.75 Å². The van der Waals surface area contributed by atoms with Gasteiger partial charge in [-0.2, -0.15) is 0 Å². The number of nitrogens with zero attached hydrogens (tertiary/aromatic N) is 1. The van der Waals surface area contributed by atoms with Gasteiger partial charge in [0.15, 0.2) is 0 Å². The summed E-state index contributed by atoms with van der Waals surface area (Å²) in [6, 6.07) is 3.28. The molecule has 35 heavy (non-hydrogen) atoms. The Morgan fingerprint density at radius 3 is 2.34 bits per heavy atom. The molecular formula is C25H38N4O6. The molecule has 0 heterocycles. The lowest BCUT2D eigenvalue weighted by Gasteiger charge is -2.34. The van der Waals surface area contributed by atoms with Crippen LogP contribution in [-0.4, -0.2) is 58.1 Å². The molecule has 0 fully saturated rings. The van der Waals surface area contributed by atoms with E-state index in [-0.39, 0.29) is 23.9 Å². The maximum absolute atomic E-state index is 13.7. The van der Waals surface area contributed by atoms with Crippen molar-refractivity contribution in [3.63, 3.8) is 0 Å². The van der Waals surface area contributed by atoms with E-state index in [1.165, 1.54) is 18.2 Å². The van der Waals surface area contributed by atoms with E-state index in [0.29, 0.717) is 6.42 Å². The zero-order valence-corrected chi connectivity index (χ0v) is 21.2. The van der Waals surface area contributed by atoms with Crippen molar-refractivity contribution in [1.29, 1.82) is 0 Å². The second kappa shape index (κ2) is 13.4. The summed E-state index contributed by atoms with van der Waals surface area (Å²) in [6.07, 6.45) is 1.50. The summed E-state index contributed by atoms with van der Waals surface area (Å²) in [5.41, 5.74) is 4.67. The first-order valence-electron chi connectivity index (χ1n) is 11.6. The average Bonchev–Trinajstić information content (AvgIpc) is 2.72. The first kappa shape index (κ1) is 29.5. The highest BCUT2D eigenvalue weighted by molar-refractivity contribution is 5.95. The van der Waals surface area contributed by atoms with Crippen LogP contribution in [0.15, 0.2) is 36.9 Å². The van der Waals surface area contributed by atoms with Crippen LogP contribution >= 0.6 is 0 Å². The number of carbonyl (C=O) groups is 4. The van der Waals surface area contributed by atoms with Gasteiger partial charge in [0.2, 0.25) is 17.7 Å². The number of para-hydroxylation sites is 1. The third-order valence-electron chi connectivity index (χ3n) is 4.90. The van der Waals surface area contributed by atoms with E-state index in [4.69, 9.17) is 10.5 Å². The maximum atomic E-state index is 13.7. The Morgan fingerprint density at radius 1 is 1.20 bits per heavy atom. The number of nitrogens with two attached hydrogens (primary N) is 1. The highest BCUT2D eigenvalue weighted by Crippen LogP contribution is 2.30. The Labute approximate surface area is 206 Å². The number of phenols is 1. The van der Waals surface area contributed by atoms with Gasteiger partial charge in [0.1, 0.15) is 23.4 Å². The number of aromatic hydroxyl groups is 1. The molecule has 3 atom stereocenters. The largest absolute Gasteiger partial charge is 0.508 e. The summed E-state index contributed by atoms with van der Waals surface area (Å²) in [5.74, 6) is -2.32. The highest BCUT2D eigenvalue weighted by Gasteiger charge is 2.37. The number of carbonyl (C=O) groups excluding carboxylic acids is 4. The van der Waals surface area contributed by atoms with Gasteiger partial charge < -0.3 is 31.1 Å². The van der Waals surface area contributed by atoms with E-state index in [9.17, 15) is 24.3 Å². The molecule has 5 N–H and O–H groups in total. The van der Waals surface area contributed by atoms with Gasteiger partial charge in [-0.15, -0.1) is 6.58 Å². The minimum Gasteiger partial charge on any atom is -0.508 e. The molecule has 0 aromatic heterocycles. The molecule has 0 aliphatic carbocycles. The number of alkyl carbamates (subject to hydrolysis) is 1. The zero-order valence-electron chi connectivity index (χ0n) is 21.2. The summed E-state index contributed by atoms with van der Waals surface area (Å²) < 4.78 is 5.22. The Bertz CT molecular complexity index is 911. The van der Waals surface area contributed by atoms with Crippen LogP contribution in [0, 0.1) is 0 Å². The zero-order chi connectivity index (χ0) is 26.8. The standard InChI is InChI=1S/C25H38N4O6/c1-7-11-16(3)27-22(32)21(17-12-9-10-13-19(17)30)29(14-8-2)23(33)18(15-20(26)31)28-24(34)35-25(4,5)6/h8-10,12-13,16,18,21,30H,2,7,11,14-15H2,1,3-6H3,(H2,26,31)(H,27,32)(H,28,34). The number of ether oxygens (including phenoxy) is 1. The van der Waals surface area contributed by atoms with Gasteiger partial charge in [-0.05, 0) is 40.2 Å². The number of rotatable bonds is 12. The second-order valence-electron chi connectivity index (χ2n) is 9.31. The minimum atomic E-state index is -1.41. The molecule has 194 valence electrons. The molecule has 0 saturated carbocycles. The number of hydrogen-bond acceptors (Lipinski definition) is 6. The third kappa shape index (κ3) is 9.68. The predicted octanol–water partition coefficient (Wildman–Crippen LogP) is 2.52. The van der Waals surface area contributed by atoms with Gasteiger partial charge in [0.25, 0.3) is 0 Å². The number of phenolic OH excluding ortho intramolecular Hbond substituents is 1. The van der Waals surface area contributed by atoms with Crippen molar-refractivity contribution in [2.45, 2.75) is 77.6 Å². The molecule has 4 amide bonds. The summed E-state index contributed by atoms with van der Waals surface area (Å²) in [7, 11) is 0. The molecular weight excluding hydrogens is 452 g/mol. The van der Waals surface area contributed by atoms with Crippen molar-refractivity contribution >= 4 is 23.8 Å². The smallest absolute Gasteiger partial charge is 0.408 e. The molecule has 0 bridgehead atoms. The van der Waals surface area contributed by atoms with Gasteiger partial charge in [0, 0.05) is 18.2 Å². The monoisotopic (exact) mass is 490 g/mol. The van der Waals surface area contributed by atoms with Gasteiger partial charge in [-0.1, -0.05) is 37.6 Å². The van der Waals surface area contributed by atoms with Crippen LogP contribution in [0.4, 0.5) is 4.79 Å². The number of benzene rings is 1. The summed E-state index contributed by atoms with van der Waals surface area (Å²) in [4.78, 5) is 52.3.